The van der Waals surface area contributed by atoms with Gasteiger partial charge in [-0.1, -0.05) is 19.0 Å². The molecule has 0 fully saturated rings. The number of amides is 1. The molecule has 0 spiro atoms. The third kappa shape index (κ3) is 4.04. The molecule has 0 saturated carbocycles. The van der Waals surface area contributed by atoms with Crippen molar-refractivity contribution < 1.29 is 19.2 Å². The van der Waals surface area contributed by atoms with Crippen LogP contribution in [0, 0.1) is 0 Å². The van der Waals surface area contributed by atoms with Gasteiger partial charge in [0, 0.05) is 25.8 Å². The van der Waals surface area contributed by atoms with Gasteiger partial charge in [0.25, 0.3) is 0 Å². The zero-order valence-corrected chi connectivity index (χ0v) is 11.6. The Bertz CT molecular complexity index is 456. The second-order valence-electron chi connectivity index (χ2n) is 4.72. The lowest BCUT2D eigenvalue weighted by Crippen LogP contribution is -2.40. The molecule has 1 rings (SSSR count). The van der Waals surface area contributed by atoms with E-state index < -0.39 is 12.0 Å². The number of likely N-dealkylation sites (N-methyl/N-ethyl adjacent to an activating group) is 1. The molecule has 1 heterocycles. The van der Waals surface area contributed by atoms with Crippen LogP contribution < -0.4 is 0 Å². The van der Waals surface area contributed by atoms with Crippen LogP contribution >= 0.6 is 0 Å². The average molecular weight is 269 g/mol. The van der Waals surface area contributed by atoms with Crippen molar-refractivity contribution in [2.24, 2.45) is 0 Å². The number of carbonyl (C=O) groups excluding carboxylic acids is 1. The monoisotopic (exact) mass is 269 g/mol. The van der Waals surface area contributed by atoms with Gasteiger partial charge in [0.15, 0.2) is 5.82 Å². The van der Waals surface area contributed by atoms with E-state index in [4.69, 9.17) is 9.63 Å². The molecule has 7 heteroatoms. The van der Waals surface area contributed by atoms with Crippen LogP contribution in [0.15, 0.2) is 4.52 Å². The van der Waals surface area contributed by atoms with Gasteiger partial charge in [-0.05, 0) is 6.92 Å². The zero-order valence-electron chi connectivity index (χ0n) is 11.6. The number of aliphatic carboxylic acids is 1. The Morgan fingerprint density at radius 2 is 2.00 bits per heavy atom. The Kier molecular flexibility index (Phi) is 5.02. The highest BCUT2D eigenvalue weighted by atomic mass is 16.5. The molecule has 1 aromatic heterocycles. The molecule has 0 aromatic carbocycles. The standard InChI is InChI=1S/C12H19N3O4/c1-7(2)11-13-9(19-14-11)5-6-10(16)15(4)8(3)12(17)18/h7-8H,5-6H2,1-4H3,(H,17,18). The number of rotatable bonds is 6. The first-order valence-electron chi connectivity index (χ1n) is 6.13. The van der Waals surface area contributed by atoms with E-state index in [0.29, 0.717) is 18.1 Å². The van der Waals surface area contributed by atoms with Gasteiger partial charge in [0.05, 0.1) is 0 Å². The smallest absolute Gasteiger partial charge is 0.326 e. The van der Waals surface area contributed by atoms with Crippen molar-refractivity contribution in [1.29, 1.82) is 0 Å². The highest BCUT2D eigenvalue weighted by Crippen LogP contribution is 2.11. The molecule has 1 N–H and O–H groups in total. The summed E-state index contributed by atoms with van der Waals surface area (Å²) in [5.41, 5.74) is 0. The molecule has 1 atom stereocenters. The highest BCUT2D eigenvalue weighted by molar-refractivity contribution is 5.83. The molecular formula is C12H19N3O4. The van der Waals surface area contributed by atoms with Crippen LogP contribution in [0.2, 0.25) is 0 Å². The molecule has 106 valence electrons. The van der Waals surface area contributed by atoms with Crippen molar-refractivity contribution >= 4 is 11.9 Å². The molecular weight excluding hydrogens is 250 g/mol. The van der Waals surface area contributed by atoms with Crippen LogP contribution in [0.25, 0.3) is 0 Å². The first-order valence-corrected chi connectivity index (χ1v) is 6.13. The minimum absolute atomic E-state index is 0.147. The highest BCUT2D eigenvalue weighted by Gasteiger charge is 2.22. The fraction of sp³-hybridized carbons (Fsp3) is 0.667. The Hall–Kier alpha value is -1.92. The molecule has 0 aliphatic rings. The number of carboxylic acids is 1. The molecule has 0 bridgehead atoms. The third-order valence-electron chi connectivity index (χ3n) is 2.88. The first-order chi connectivity index (χ1) is 8.82. The molecule has 0 aliphatic carbocycles. The Morgan fingerprint density at radius 1 is 1.37 bits per heavy atom. The van der Waals surface area contributed by atoms with Crippen molar-refractivity contribution in [3.05, 3.63) is 11.7 Å². The van der Waals surface area contributed by atoms with E-state index in [1.54, 1.807) is 0 Å². The second-order valence-corrected chi connectivity index (χ2v) is 4.72. The van der Waals surface area contributed by atoms with Gasteiger partial charge in [-0.25, -0.2) is 4.79 Å². The summed E-state index contributed by atoms with van der Waals surface area (Å²) >= 11 is 0. The Balaban J connectivity index is 2.51. The molecule has 19 heavy (non-hydrogen) atoms. The van der Waals surface area contributed by atoms with Gasteiger partial charge in [-0.2, -0.15) is 4.98 Å². The largest absolute Gasteiger partial charge is 0.480 e. The maximum atomic E-state index is 11.8. The fourth-order valence-corrected chi connectivity index (χ4v) is 1.38. The quantitative estimate of drug-likeness (QED) is 0.829. The Morgan fingerprint density at radius 3 is 2.47 bits per heavy atom. The van der Waals surface area contributed by atoms with Crippen LogP contribution in [-0.4, -0.2) is 45.1 Å². The fourth-order valence-electron chi connectivity index (χ4n) is 1.38. The summed E-state index contributed by atoms with van der Waals surface area (Å²) in [4.78, 5) is 27.9. The maximum absolute atomic E-state index is 11.8. The van der Waals surface area contributed by atoms with Gasteiger partial charge >= 0.3 is 5.97 Å². The summed E-state index contributed by atoms with van der Waals surface area (Å²) in [7, 11) is 1.47. The van der Waals surface area contributed by atoms with Crippen molar-refractivity contribution in [2.45, 2.75) is 45.6 Å². The summed E-state index contributed by atoms with van der Waals surface area (Å²) in [6, 6.07) is -0.846. The van der Waals surface area contributed by atoms with Gasteiger partial charge in [-0.3, -0.25) is 4.79 Å². The predicted octanol–water partition coefficient (Wildman–Crippen LogP) is 1.06. The molecule has 0 radical (unpaired) electrons. The summed E-state index contributed by atoms with van der Waals surface area (Å²) in [6.45, 7) is 5.36. The number of carbonyl (C=O) groups is 2. The zero-order chi connectivity index (χ0) is 14.6. The van der Waals surface area contributed by atoms with E-state index in [0.717, 1.165) is 0 Å². The number of aryl methyl sites for hydroxylation is 1. The van der Waals surface area contributed by atoms with E-state index in [2.05, 4.69) is 10.1 Å². The minimum Gasteiger partial charge on any atom is -0.480 e. The van der Waals surface area contributed by atoms with E-state index >= 15 is 0 Å². The summed E-state index contributed by atoms with van der Waals surface area (Å²) < 4.78 is 5.02. The SMILES string of the molecule is CC(C)c1noc(CCC(=O)N(C)C(C)C(=O)O)n1. The number of hydrogen-bond donors (Lipinski definition) is 1. The van der Waals surface area contributed by atoms with Gasteiger partial charge < -0.3 is 14.5 Å². The lowest BCUT2D eigenvalue weighted by molar-refractivity contribution is -0.148. The van der Waals surface area contributed by atoms with Crippen molar-refractivity contribution in [1.82, 2.24) is 15.0 Å². The van der Waals surface area contributed by atoms with E-state index in [9.17, 15) is 9.59 Å². The summed E-state index contributed by atoms with van der Waals surface area (Å²) in [5, 5.41) is 12.6. The number of carboxylic acid groups (broad SMARTS) is 1. The van der Waals surface area contributed by atoms with Crippen LogP contribution in [0.3, 0.4) is 0 Å². The van der Waals surface area contributed by atoms with E-state index in [1.807, 2.05) is 13.8 Å². The van der Waals surface area contributed by atoms with Crippen LogP contribution in [-0.2, 0) is 16.0 Å². The normalized spacial score (nSPS) is 12.5. The van der Waals surface area contributed by atoms with Crippen LogP contribution in [0.1, 0.15) is 44.8 Å². The second kappa shape index (κ2) is 6.31. The molecule has 1 amide bonds. The van der Waals surface area contributed by atoms with Gasteiger partial charge in [0.1, 0.15) is 6.04 Å². The topological polar surface area (TPSA) is 96.5 Å². The van der Waals surface area contributed by atoms with E-state index in [-0.39, 0.29) is 18.2 Å². The average Bonchev–Trinajstić information content (AvgIpc) is 2.82. The molecule has 1 unspecified atom stereocenters. The first kappa shape index (κ1) is 15.1. The number of hydrogen-bond acceptors (Lipinski definition) is 5. The Labute approximate surface area is 111 Å². The minimum atomic E-state index is -1.03. The lowest BCUT2D eigenvalue weighted by Gasteiger charge is -2.20. The van der Waals surface area contributed by atoms with Crippen molar-refractivity contribution in [3.63, 3.8) is 0 Å². The van der Waals surface area contributed by atoms with Gasteiger partial charge in [0.2, 0.25) is 11.8 Å². The number of nitrogens with zero attached hydrogens (tertiary/aromatic N) is 3. The number of aromatic nitrogens is 2. The summed E-state index contributed by atoms with van der Waals surface area (Å²) in [5.74, 6) is -0.124. The van der Waals surface area contributed by atoms with E-state index in [1.165, 1.54) is 18.9 Å². The lowest BCUT2D eigenvalue weighted by atomic mass is 10.2. The summed E-state index contributed by atoms with van der Waals surface area (Å²) in [6.07, 6.45) is 0.461. The van der Waals surface area contributed by atoms with Crippen LogP contribution in [0.5, 0.6) is 0 Å². The predicted molar refractivity (Wildman–Crippen MR) is 66.6 cm³/mol. The molecule has 1 aromatic rings. The van der Waals surface area contributed by atoms with Gasteiger partial charge in [-0.15, -0.1) is 0 Å². The van der Waals surface area contributed by atoms with Crippen molar-refractivity contribution in [2.75, 3.05) is 7.05 Å². The molecule has 0 saturated heterocycles. The van der Waals surface area contributed by atoms with Crippen LogP contribution in [0.4, 0.5) is 0 Å². The molecule has 0 aliphatic heterocycles. The molecule has 7 nitrogen and oxygen atoms in total. The van der Waals surface area contributed by atoms with Crippen molar-refractivity contribution in [3.8, 4) is 0 Å². The third-order valence-corrected chi connectivity index (χ3v) is 2.88. The maximum Gasteiger partial charge on any atom is 0.326 e.